The van der Waals surface area contributed by atoms with Gasteiger partial charge >= 0.3 is 0 Å². The monoisotopic (exact) mass is 458 g/mol. The zero-order valence-electron chi connectivity index (χ0n) is 19.4. The summed E-state index contributed by atoms with van der Waals surface area (Å²) in [7, 11) is 1.59. The van der Waals surface area contributed by atoms with Gasteiger partial charge in [-0.2, -0.15) is 0 Å². The fraction of sp³-hybridized carbons (Fsp3) is 0.259. The van der Waals surface area contributed by atoms with Crippen LogP contribution in [0, 0.1) is 0 Å². The molecule has 176 valence electrons. The van der Waals surface area contributed by atoms with Crippen LogP contribution in [-0.4, -0.2) is 63.1 Å². The minimum absolute atomic E-state index is 0.181. The highest BCUT2D eigenvalue weighted by Gasteiger charge is 2.24. The van der Waals surface area contributed by atoms with Crippen molar-refractivity contribution in [3.8, 4) is 5.75 Å². The lowest BCUT2D eigenvalue weighted by Gasteiger charge is -2.37. The zero-order chi connectivity index (χ0) is 23.9. The average Bonchev–Trinajstić information content (AvgIpc) is 2.90. The fourth-order valence-corrected chi connectivity index (χ4v) is 4.25. The molecule has 0 atom stereocenters. The van der Waals surface area contributed by atoms with Crippen LogP contribution < -0.4 is 20.3 Å². The summed E-state index contributed by atoms with van der Waals surface area (Å²) < 4.78 is 5.22. The molecule has 34 heavy (non-hydrogen) atoms. The minimum Gasteiger partial charge on any atom is -0.497 e. The number of benzene rings is 3. The van der Waals surface area contributed by atoms with Crippen molar-refractivity contribution < 1.29 is 14.3 Å². The van der Waals surface area contributed by atoms with Crippen molar-refractivity contribution in [2.45, 2.75) is 0 Å². The summed E-state index contributed by atoms with van der Waals surface area (Å²) in [5.74, 6) is -0.0594. The van der Waals surface area contributed by atoms with E-state index in [1.165, 1.54) is 5.69 Å². The Hall–Kier alpha value is -3.84. The number of nitrogens with zero attached hydrogens (tertiary/aromatic N) is 3. The van der Waals surface area contributed by atoms with Gasteiger partial charge in [0.1, 0.15) is 5.75 Å². The molecule has 7 nitrogen and oxygen atoms in total. The van der Waals surface area contributed by atoms with E-state index < -0.39 is 5.91 Å². The summed E-state index contributed by atoms with van der Waals surface area (Å²) in [6, 6.07) is 24.4. The Morgan fingerprint density at radius 3 is 2.18 bits per heavy atom. The van der Waals surface area contributed by atoms with E-state index >= 15 is 0 Å². The second kappa shape index (κ2) is 10.9. The highest BCUT2D eigenvalue weighted by Crippen LogP contribution is 2.24. The fourth-order valence-electron chi connectivity index (χ4n) is 4.25. The third-order valence-corrected chi connectivity index (χ3v) is 6.18. The summed E-state index contributed by atoms with van der Waals surface area (Å²) in [5, 5.41) is 0. The maximum absolute atomic E-state index is 13.5. The minimum atomic E-state index is -0.556. The van der Waals surface area contributed by atoms with Crippen LogP contribution in [0.3, 0.4) is 0 Å². The maximum Gasteiger partial charge on any atom is 0.258 e. The molecular formula is C27H30N4O3. The lowest BCUT2D eigenvalue weighted by atomic mass is 10.1. The van der Waals surface area contributed by atoms with Gasteiger partial charge in [0, 0.05) is 50.5 Å². The number of piperazine rings is 1. The first-order valence-electron chi connectivity index (χ1n) is 11.4. The van der Waals surface area contributed by atoms with Gasteiger partial charge in [0.15, 0.2) is 0 Å². The Morgan fingerprint density at radius 1 is 0.882 bits per heavy atom. The first kappa shape index (κ1) is 23.3. The molecule has 0 unspecified atom stereocenters. The molecular weight excluding hydrogens is 428 g/mol. The number of carbonyl (C=O) groups excluding carboxylic acids is 2. The summed E-state index contributed by atoms with van der Waals surface area (Å²) in [5.41, 5.74) is 8.24. The van der Waals surface area contributed by atoms with Crippen LogP contribution in [0.2, 0.25) is 0 Å². The molecule has 0 saturated carbocycles. The van der Waals surface area contributed by atoms with Crippen molar-refractivity contribution in [1.82, 2.24) is 4.90 Å². The van der Waals surface area contributed by atoms with E-state index in [1.807, 2.05) is 12.1 Å². The number of amides is 2. The topological polar surface area (TPSA) is 79.1 Å². The summed E-state index contributed by atoms with van der Waals surface area (Å²) in [4.78, 5) is 32.0. The second-order valence-corrected chi connectivity index (χ2v) is 8.23. The Bertz CT molecular complexity index is 1110. The molecule has 2 amide bonds. The molecule has 3 aromatic carbocycles. The van der Waals surface area contributed by atoms with Crippen LogP contribution in [0.15, 0.2) is 78.9 Å². The molecule has 2 N–H and O–H groups in total. The number of hydrogen-bond acceptors (Lipinski definition) is 5. The third-order valence-electron chi connectivity index (χ3n) is 6.18. The average molecular weight is 459 g/mol. The smallest absolute Gasteiger partial charge is 0.258 e. The van der Waals surface area contributed by atoms with Gasteiger partial charge in [-0.1, -0.05) is 30.3 Å². The van der Waals surface area contributed by atoms with Crippen molar-refractivity contribution in [3.63, 3.8) is 0 Å². The number of primary amides is 1. The van der Waals surface area contributed by atoms with Crippen LogP contribution in [0.5, 0.6) is 5.75 Å². The standard InChI is InChI=1S/C27H30N4O3/c1-34-23-13-11-21(12-14-23)27(33)31(25-10-6-5-9-24(25)26(28)32)20-17-29-15-18-30(19-16-29)22-7-3-2-4-8-22/h2-14H,15-20H2,1H3,(H2,28,32). The Kier molecular flexibility index (Phi) is 7.44. The van der Waals surface area contributed by atoms with Crippen molar-refractivity contribution >= 4 is 23.2 Å². The van der Waals surface area contributed by atoms with Crippen molar-refractivity contribution in [3.05, 3.63) is 90.0 Å². The normalized spacial score (nSPS) is 14.0. The van der Waals surface area contributed by atoms with E-state index in [9.17, 15) is 9.59 Å². The lowest BCUT2D eigenvalue weighted by Crippen LogP contribution is -2.49. The van der Waals surface area contributed by atoms with Crippen LogP contribution >= 0.6 is 0 Å². The van der Waals surface area contributed by atoms with Crippen LogP contribution in [0.1, 0.15) is 20.7 Å². The van der Waals surface area contributed by atoms with Gasteiger partial charge in [-0.25, -0.2) is 0 Å². The highest BCUT2D eigenvalue weighted by atomic mass is 16.5. The van der Waals surface area contributed by atoms with E-state index in [2.05, 4.69) is 34.1 Å². The van der Waals surface area contributed by atoms with Crippen molar-refractivity contribution in [2.75, 3.05) is 56.2 Å². The van der Waals surface area contributed by atoms with E-state index in [1.54, 1.807) is 54.5 Å². The highest BCUT2D eigenvalue weighted by molar-refractivity contribution is 6.10. The molecule has 1 aliphatic heterocycles. The molecule has 1 aliphatic rings. The molecule has 4 rings (SSSR count). The molecule has 7 heteroatoms. The molecule has 1 fully saturated rings. The number of methoxy groups -OCH3 is 1. The molecule has 1 saturated heterocycles. The second-order valence-electron chi connectivity index (χ2n) is 8.23. The number of nitrogens with two attached hydrogens (primary N) is 1. The van der Waals surface area contributed by atoms with Crippen LogP contribution in [0.25, 0.3) is 0 Å². The van der Waals surface area contributed by atoms with E-state index in [0.717, 1.165) is 26.2 Å². The lowest BCUT2D eigenvalue weighted by molar-refractivity contribution is 0.0982. The van der Waals surface area contributed by atoms with Gasteiger partial charge in [0.25, 0.3) is 11.8 Å². The van der Waals surface area contributed by atoms with Gasteiger partial charge in [0.2, 0.25) is 0 Å². The molecule has 0 radical (unpaired) electrons. The molecule has 1 heterocycles. The quantitative estimate of drug-likeness (QED) is 0.561. The number of ether oxygens (including phenoxy) is 1. The first-order chi connectivity index (χ1) is 16.6. The van der Waals surface area contributed by atoms with Gasteiger partial charge in [-0.3, -0.25) is 14.5 Å². The summed E-state index contributed by atoms with van der Waals surface area (Å²) >= 11 is 0. The summed E-state index contributed by atoms with van der Waals surface area (Å²) in [6.07, 6.45) is 0. The van der Waals surface area contributed by atoms with Gasteiger partial charge < -0.3 is 20.3 Å². The number of rotatable bonds is 8. The number of para-hydroxylation sites is 2. The molecule has 3 aromatic rings. The van der Waals surface area contributed by atoms with Gasteiger partial charge in [-0.05, 0) is 48.5 Å². The zero-order valence-corrected chi connectivity index (χ0v) is 19.4. The molecule has 0 bridgehead atoms. The Morgan fingerprint density at radius 2 is 1.53 bits per heavy atom. The predicted octanol–water partition coefficient (Wildman–Crippen LogP) is 3.26. The van der Waals surface area contributed by atoms with E-state index in [-0.39, 0.29) is 5.91 Å². The van der Waals surface area contributed by atoms with Crippen molar-refractivity contribution in [2.24, 2.45) is 5.73 Å². The third kappa shape index (κ3) is 5.38. The molecule has 0 aliphatic carbocycles. The van der Waals surface area contributed by atoms with E-state index in [0.29, 0.717) is 35.7 Å². The van der Waals surface area contributed by atoms with Crippen LogP contribution in [-0.2, 0) is 0 Å². The maximum atomic E-state index is 13.5. The van der Waals surface area contributed by atoms with Gasteiger partial charge in [0.05, 0.1) is 18.4 Å². The largest absolute Gasteiger partial charge is 0.497 e. The number of anilines is 2. The molecule has 0 aromatic heterocycles. The summed E-state index contributed by atoms with van der Waals surface area (Å²) in [6.45, 7) is 4.79. The molecule has 0 spiro atoms. The number of carbonyl (C=O) groups is 2. The van der Waals surface area contributed by atoms with Gasteiger partial charge in [-0.15, -0.1) is 0 Å². The van der Waals surface area contributed by atoms with Crippen molar-refractivity contribution in [1.29, 1.82) is 0 Å². The van der Waals surface area contributed by atoms with Crippen LogP contribution in [0.4, 0.5) is 11.4 Å². The van der Waals surface area contributed by atoms with E-state index in [4.69, 9.17) is 10.5 Å². The SMILES string of the molecule is COc1ccc(C(=O)N(CCN2CCN(c3ccccc3)CC2)c2ccccc2C(N)=O)cc1. The Balaban J connectivity index is 1.50. The number of hydrogen-bond donors (Lipinski definition) is 1. The first-order valence-corrected chi connectivity index (χ1v) is 11.4. The Labute approximate surface area is 200 Å². The predicted molar refractivity (Wildman–Crippen MR) is 135 cm³/mol.